The number of fused-ring (bicyclic) bond motifs is 1. The van der Waals surface area contributed by atoms with Gasteiger partial charge in [-0.25, -0.2) is 9.78 Å². The fourth-order valence-corrected chi connectivity index (χ4v) is 2.77. The number of benzene rings is 1. The van der Waals surface area contributed by atoms with E-state index < -0.39 is 5.97 Å². The van der Waals surface area contributed by atoms with Crippen LogP contribution in [0.15, 0.2) is 12.1 Å². The minimum Gasteiger partial charge on any atom is -0.493 e. The summed E-state index contributed by atoms with van der Waals surface area (Å²) in [6, 6.07) is 3.45. The van der Waals surface area contributed by atoms with E-state index in [-0.39, 0.29) is 17.2 Å². The molecule has 0 fully saturated rings. The molecule has 136 valence electrons. The Kier molecular flexibility index (Phi) is 6.70. The lowest BCUT2D eigenvalue weighted by Gasteiger charge is -2.15. The molecule has 2 aromatic rings. The van der Waals surface area contributed by atoms with Crippen molar-refractivity contribution in [3.63, 3.8) is 0 Å². The number of carbonyl (C=O) groups excluding carboxylic acids is 1. The van der Waals surface area contributed by atoms with Gasteiger partial charge in [-0.3, -0.25) is 0 Å². The number of rotatable bonds is 8. The van der Waals surface area contributed by atoms with Crippen molar-refractivity contribution >= 4 is 34.3 Å². The first-order chi connectivity index (χ1) is 12.1. The maximum absolute atomic E-state index is 12.4. The van der Waals surface area contributed by atoms with Crippen LogP contribution in [0.4, 0.5) is 5.82 Å². The summed E-state index contributed by atoms with van der Waals surface area (Å²) in [5.74, 6) is 0.967. The summed E-state index contributed by atoms with van der Waals surface area (Å²) in [6.45, 7) is 4.78. The lowest BCUT2D eigenvalue weighted by molar-refractivity contribution is 0.0527. The average Bonchev–Trinajstić information content (AvgIpc) is 2.61. The van der Waals surface area contributed by atoms with Crippen molar-refractivity contribution in [3.05, 3.63) is 22.7 Å². The molecule has 25 heavy (non-hydrogen) atoms. The average molecular weight is 367 g/mol. The summed E-state index contributed by atoms with van der Waals surface area (Å²) in [5, 5.41) is 4.07. The van der Waals surface area contributed by atoms with Gasteiger partial charge in [0.25, 0.3) is 0 Å². The van der Waals surface area contributed by atoms with Crippen molar-refractivity contribution in [2.24, 2.45) is 0 Å². The summed E-state index contributed by atoms with van der Waals surface area (Å²) in [7, 11) is 3.09. The maximum Gasteiger partial charge on any atom is 0.343 e. The second-order valence-corrected chi connectivity index (χ2v) is 5.75. The number of anilines is 1. The molecule has 0 aliphatic carbocycles. The van der Waals surface area contributed by atoms with Crippen LogP contribution in [0, 0.1) is 0 Å². The number of pyridine rings is 1. The fraction of sp³-hybridized carbons (Fsp3) is 0.444. The van der Waals surface area contributed by atoms with Crippen LogP contribution in [-0.2, 0) is 4.74 Å². The van der Waals surface area contributed by atoms with Gasteiger partial charge in [-0.2, -0.15) is 0 Å². The second-order valence-electron chi connectivity index (χ2n) is 5.37. The van der Waals surface area contributed by atoms with E-state index in [1.165, 1.54) is 7.11 Å². The van der Waals surface area contributed by atoms with Crippen LogP contribution in [0.25, 0.3) is 10.9 Å². The number of hydrogen-bond acceptors (Lipinski definition) is 6. The summed E-state index contributed by atoms with van der Waals surface area (Å²) in [6.07, 6.45) is 1.97. The van der Waals surface area contributed by atoms with E-state index in [1.807, 2.05) is 0 Å². The van der Waals surface area contributed by atoms with E-state index in [2.05, 4.69) is 17.2 Å². The standard InChI is InChI=1S/C18H23ClN2O4/c1-5-7-8-20-17-15(18(22)25-6-2)16(19)11-9-13(23-3)14(24-4)10-12(11)21-17/h9-10H,5-8H2,1-4H3,(H,20,21). The Morgan fingerprint density at radius 2 is 1.88 bits per heavy atom. The maximum atomic E-state index is 12.4. The predicted octanol–water partition coefficient (Wildman–Crippen LogP) is 4.29. The largest absolute Gasteiger partial charge is 0.493 e. The molecular weight excluding hydrogens is 344 g/mol. The fourth-order valence-electron chi connectivity index (χ4n) is 2.45. The molecule has 1 heterocycles. The number of methoxy groups -OCH3 is 2. The number of carbonyl (C=O) groups is 1. The Bertz CT molecular complexity index is 765. The highest BCUT2D eigenvalue weighted by molar-refractivity contribution is 6.39. The van der Waals surface area contributed by atoms with Gasteiger partial charge in [0.2, 0.25) is 0 Å². The van der Waals surface area contributed by atoms with E-state index in [9.17, 15) is 4.79 Å². The minimum absolute atomic E-state index is 0.235. The van der Waals surface area contributed by atoms with Crippen molar-refractivity contribution in [2.75, 3.05) is 32.7 Å². The number of nitrogens with one attached hydrogen (secondary N) is 1. The number of ether oxygens (including phenoxy) is 3. The van der Waals surface area contributed by atoms with Crippen molar-refractivity contribution in [2.45, 2.75) is 26.7 Å². The van der Waals surface area contributed by atoms with Crippen LogP contribution in [0.3, 0.4) is 0 Å². The second kappa shape index (κ2) is 8.76. The molecule has 0 spiro atoms. The number of esters is 1. The molecule has 0 amide bonds. The SMILES string of the molecule is CCCCNc1nc2cc(OC)c(OC)cc2c(Cl)c1C(=O)OCC. The van der Waals surface area contributed by atoms with Gasteiger partial charge in [0.1, 0.15) is 11.4 Å². The smallest absolute Gasteiger partial charge is 0.343 e. The molecule has 2 rings (SSSR count). The summed E-state index contributed by atoms with van der Waals surface area (Å²) < 4.78 is 15.8. The van der Waals surface area contributed by atoms with Crippen LogP contribution >= 0.6 is 11.6 Å². The Morgan fingerprint density at radius 3 is 2.48 bits per heavy atom. The first-order valence-corrected chi connectivity index (χ1v) is 8.61. The van der Waals surface area contributed by atoms with E-state index in [1.54, 1.807) is 26.2 Å². The van der Waals surface area contributed by atoms with Gasteiger partial charge in [0.05, 0.1) is 31.4 Å². The Hall–Kier alpha value is -2.21. The molecule has 6 nitrogen and oxygen atoms in total. The zero-order chi connectivity index (χ0) is 18.4. The van der Waals surface area contributed by atoms with E-state index in [0.29, 0.717) is 34.8 Å². The molecule has 1 aromatic heterocycles. The third kappa shape index (κ3) is 4.07. The monoisotopic (exact) mass is 366 g/mol. The first-order valence-electron chi connectivity index (χ1n) is 8.23. The van der Waals surface area contributed by atoms with E-state index in [0.717, 1.165) is 12.8 Å². The molecule has 0 atom stereocenters. The summed E-state index contributed by atoms with van der Waals surface area (Å²) in [4.78, 5) is 17.0. The number of halogens is 1. The van der Waals surface area contributed by atoms with Crippen molar-refractivity contribution < 1.29 is 19.0 Å². The number of hydrogen-bond donors (Lipinski definition) is 1. The Morgan fingerprint density at radius 1 is 1.20 bits per heavy atom. The van der Waals surface area contributed by atoms with Gasteiger partial charge in [-0.15, -0.1) is 0 Å². The van der Waals surface area contributed by atoms with Gasteiger partial charge >= 0.3 is 5.97 Å². The summed E-state index contributed by atoms with van der Waals surface area (Å²) >= 11 is 6.54. The molecule has 0 saturated heterocycles. The highest BCUT2D eigenvalue weighted by atomic mass is 35.5. The zero-order valence-electron chi connectivity index (χ0n) is 14.9. The van der Waals surface area contributed by atoms with Gasteiger partial charge in [0, 0.05) is 18.0 Å². The quantitative estimate of drug-likeness (QED) is 0.555. The van der Waals surface area contributed by atoms with Crippen LogP contribution in [0.2, 0.25) is 5.02 Å². The van der Waals surface area contributed by atoms with Crippen LogP contribution < -0.4 is 14.8 Å². The van der Waals surface area contributed by atoms with Gasteiger partial charge < -0.3 is 19.5 Å². The van der Waals surface area contributed by atoms with Crippen molar-refractivity contribution in [1.29, 1.82) is 0 Å². The zero-order valence-corrected chi connectivity index (χ0v) is 15.7. The lowest BCUT2D eigenvalue weighted by atomic mass is 10.1. The van der Waals surface area contributed by atoms with Gasteiger partial charge in [-0.1, -0.05) is 24.9 Å². The Labute approximate surface area is 152 Å². The topological polar surface area (TPSA) is 69.7 Å². The molecular formula is C18H23ClN2O4. The first kappa shape index (κ1) is 19.1. The normalized spacial score (nSPS) is 10.6. The van der Waals surface area contributed by atoms with Crippen molar-refractivity contribution in [3.8, 4) is 11.5 Å². The van der Waals surface area contributed by atoms with Crippen LogP contribution in [0.5, 0.6) is 11.5 Å². The third-order valence-electron chi connectivity index (χ3n) is 3.73. The van der Waals surface area contributed by atoms with E-state index >= 15 is 0 Å². The van der Waals surface area contributed by atoms with Crippen LogP contribution in [-0.4, -0.2) is 38.3 Å². The third-order valence-corrected chi connectivity index (χ3v) is 4.12. The highest BCUT2D eigenvalue weighted by Gasteiger charge is 2.22. The number of aromatic nitrogens is 1. The van der Waals surface area contributed by atoms with Gasteiger partial charge in [-0.05, 0) is 19.4 Å². The Balaban J connectivity index is 2.65. The summed E-state index contributed by atoms with van der Waals surface area (Å²) in [5.41, 5.74) is 0.842. The molecule has 1 N–H and O–H groups in total. The molecule has 0 aliphatic rings. The van der Waals surface area contributed by atoms with Crippen molar-refractivity contribution in [1.82, 2.24) is 4.98 Å². The molecule has 1 aromatic carbocycles. The molecule has 0 bridgehead atoms. The number of nitrogens with zero attached hydrogens (tertiary/aromatic N) is 1. The molecule has 0 aliphatic heterocycles. The van der Waals surface area contributed by atoms with E-state index in [4.69, 9.17) is 25.8 Å². The molecule has 0 radical (unpaired) electrons. The van der Waals surface area contributed by atoms with Crippen LogP contribution in [0.1, 0.15) is 37.0 Å². The lowest BCUT2D eigenvalue weighted by Crippen LogP contribution is -2.13. The molecule has 0 unspecified atom stereocenters. The minimum atomic E-state index is -0.504. The highest BCUT2D eigenvalue weighted by Crippen LogP contribution is 2.38. The molecule has 0 saturated carbocycles. The molecule has 7 heteroatoms. The number of unbranched alkanes of at least 4 members (excludes halogenated alkanes) is 1. The van der Waals surface area contributed by atoms with Gasteiger partial charge in [0.15, 0.2) is 11.5 Å². The predicted molar refractivity (Wildman–Crippen MR) is 99.2 cm³/mol.